The number of nitrogens with zero attached hydrogens (tertiary/aromatic N) is 1. The summed E-state index contributed by atoms with van der Waals surface area (Å²) in [4.78, 5) is 13.9. The number of ether oxygens (including phenoxy) is 1. The van der Waals surface area contributed by atoms with Gasteiger partial charge in [0.05, 0.1) is 11.0 Å². The molecule has 1 saturated heterocycles. The minimum Gasteiger partial charge on any atom is -0.491 e. The number of para-hydroxylation sites is 1. The van der Waals surface area contributed by atoms with Gasteiger partial charge in [-0.2, -0.15) is 0 Å². The van der Waals surface area contributed by atoms with E-state index in [4.69, 9.17) is 4.74 Å². The number of urea groups is 1. The van der Waals surface area contributed by atoms with Crippen LogP contribution < -0.4 is 10.1 Å². The van der Waals surface area contributed by atoms with E-state index >= 15 is 0 Å². The number of likely N-dealkylation sites (tertiary alicyclic amines) is 1. The molecule has 1 aliphatic heterocycles. The molecule has 0 saturated carbocycles. The zero-order chi connectivity index (χ0) is 14.4. The van der Waals surface area contributed by atoms with Crippen molar-refractivity contribution in [2.45, 2.75) is 19.8 Å². The van der Waals surface area contributed by atoms with Gasteiger partial charge in [0.15, 0.2) is 0 Å². The summed E-state index contributed by atoms with van der Waals surface area (Å²) < 4.78 is 6.54. The number of hydrogen-bond donors (Lipinski definition) is 1. The minimum absolute atomic E-state index is 0.0206. The van der Waals surface area contributed by atoms with Gasteiger partial charge >= 0.3 is 6.03 Å². The highest BCUT2D eigenvalue weighted by molar-refractivity contribution is 9.10. The second kappa shape index (κ2) is 7.53. The Labute approximate surface area is 128 Å². The first-order valence-electron chi connectivity index (χ1n) is 7.07. The summed E-state index contributed by atoms with van der Waals surface area (Å²) in [6.07, 6.45) is 2.32. The van der Waals surface area contributed by atoms with E-state index in [0.29, 0.717) is 19.1 Å². The Morgan fingerprint density at radius 3 is 3.05 bits per heavy atom. The number of benzene rings is 1. The number of amides is 2. The van der Waals surface area contributed by atoms with Gasteiger partial charge in [-0.05, 0) is 46.8 Å². The molecule has 1 N–H and O–H groups in total. The summed E-state index contributed by atoms with van der Waals surface area (Å²) in [5, 5.41) is 2.91. The van der Waals surface area contributed by atoms with E-state index < -0.39 is 0 Å². The molecule has 2 amide bonds. The third-order valence-corrected chi connectivity index (χ3v) is 4.07. The van der Waals surface area contributed by atoms with Gasteiger partial charge in [0, 0.05) is 13.1 Å². The van der Waals surface area contributed by atoms with Gasteiger partial charge < -0.3 is 15.0 Å². The average Bonchev–Trinajstić information content (AvgIpc) is 2.45. The highest BCUT2D eigenvalue weighted by atomic mass is 79.9. The molecule has 0 spiro atoms. The van der Waals surface area contributed by atoms with E-state index in [1.54, 1.807) is 0 Å². The van der Waals surface area contributed by atoms with E-state index in [1.165, 1.54) is 6.42 Å². The number of nitrogens with one attached hydrogen (secondary N) is 1. The average molecular weight is 341 g/mol. The van der Waals surface area contributed by atoms with Gasteiger partial charge in [-0.1, -0.05) is 19.1 Å². The third kappa shape index (κ3) is 4.40. The Hall–Kier alpha value is -1.23. The first-order chi connectivity index (χ1) is 9.66. The van der Waals surface area contributed by atoms with Crippen LogP contribution in [0.5, 0.6) is 5.75 Å². The molecule has 0 aliphatic carbocycles. The second-order valence-electron chi connectivity index (χ2n) is 5.20. The molecular formula is C15H21BrN2O2. The lowest BCUT2D eigenvalue weighted by atomic mass is 10.0. The maximum atomic E-state index is 12.0. The summed E-state index contributed by atoms with van der Waals surface area (Å²) in [5.74, 6) is 1.40. The van der Waals surface area contributed by atoms with Crippen molar-refractivity contribution >= 4 is 22.0 Å². The Kier molecular flexibility index (Phi) is 5.71. The number of rotatable bonds is 4. The summed E-state index contributed by atoms with van der Waals surface area (Å²) in [5.41, 5.74) is 0. The number of hydrogen-bond acceptors (Lipinski definition) is 2. The fourth-order valence-electron chi connectivity index (χ4n) is 2.37. The lowest BCUT2D eigenvalue weighted by Crippen LogP contribution is -2.45. The molecule has 0 radical (unpaired) electrons. The summed E-state index contributed by atoms with van der Waals surface area (Å²) in [6, 6.07) is 7.72. The lowest BCUT2D eigenvalue weighted by molar-refractivity contribution is 0.167. The van der Waals surface area contributed by atoms with Crippen LogP contribution in [-0.2, 0) is 0 Å². The predicted molar refractivity (Wildman–Crippen MR) is 83.0 cm³/mol. The SMILES string of the molecule is CC1CCCN(C(=O)NCCOc2ccccc2Br)C1. The standard InChI is InChI=1S/C15H21BrN2O2/c1-12-5-4-9-18(11-12)15(19)17-8-10-20-14-7-3-2-6-13(14)16/h2-3,6-7,12H,4-5,8-11H2,1H3,(H,17,19). The van der Waals surface area contributed by atoms with Crippen LogP contribution in [0.15, 0.2) is 28.7 Å². The van der Waals surface area contributed by atoms with Crippen molar-refractivity contribution in [1.82, 2.24) is 10.2 Å². The summed E-state index contributed by atoms with van der Waals surface area (Å²) in [7, 11) is 0. The van der Waals surface area contributed by atoms with Crippen molar-refractivity contribution in [3.8, 4) is 5.75 Å². The van der Waals surface area contributed by atoms with Crippen LogP contribution in [0.1, 0.15) is 19.8 Å². The topological polar surface area (TPSA) is 41.6 Å². The molecule has 1 heterocycles. The monoisotopic (exact) mass is 340 g/mol. The number of halogens is 1. The zero-order valence-electron chi connectivity index (χ0n) is 11.8. The van der Waals surface area contributed by atoms with Crippen LogP contribution in [-0.4, -0.2) is 37.2 Å². The Bertz CT molecular complexity index is 453. The van der Waals surface area contributed by atoms with E-state index in [-0.39, 0.29) is 6.03 Å². The highest BCUT2D eigenvalue weighted by Crippen LogP contribution is 2.23. The van der Waals surface area contributed by atoms with Crippen LogP contribution in [0.25, 0.3) is 0 Å². The van der Waals surface area contributed by atoms with Gasteiger partial charge in [0.25, 0.3) is 0 Å². The predicted octanol–water partition coefficient (Wildman–Crippen LogP) is 3.27. The van der Waals surface area contributed by atoms with Crippen molar-refractivity contribution in [2.75, 3.05) is 26.2 Å². The number of carbonyl (C=O) groups is 1. The van der Waals surface area contributed by atoms with Crippen molar-refractivity contribution in [3.63, 3.8) is 0 Å². The van der Waals surface area contributed by atoms with Crippen molar-refractivity contribution in [1.29, 1.82) is 0 Å². The number of piperidine rings is 1. The highest BCUT2D eigenvalue weighted by Gasteiger charge is 2.20. The van der Waals surface area contributed by atoms with Crippen LogP contribution in [0.4, 0.5) is 4.79 Å². The van der Waals surface area contributed by atoms with E-state index in [2.05, 4.69) is 28.2 Å². The minimum atomic E-state index is 0.0206. The Morgan fingerprint density at radius 1 is 1.50 bits per heavy atom. The van der Waals surface area contributed by atoms with E-state index in [9.17, 15) is 4.79 Å². The Morgan fingerprint density at radius 2 is 2.30 bits per heavy atom. The van der Waals surface area contributed by atoms with E-state index in [0.717, 1.165) is 29.7 Å². The molecule has 1 unspecified atom stereocenters. The first kappa shape index (κ1) is 15.2. The molecule has 1 aliphatic rings. The summed E-state index contributed by atoms with van der Waals surface area (Å²) in [6.45, 7) is 4.90. The largest absolute Gasteiger partial charge is 0.491 e. The van der Waals surface area contributed by atoms with Gasteiger partial charge in [-0.15, -0.1) is 0 Å². The second-order valence-corrected chi connectivity index (χ2v) is 6.06. The van der Waals surface area contributed by atoms with Gasteiger partial charge in [-0.25, -0.2) is 4.79 Å². The van der Waals surface area contributed by atoms with Crippen LogP contribution in [0.3, 0.4) is 0 Å². The fraction of sp³-hybridized carbons (Fsp3) is 0.533. The van der Waals surface area contributed by atoms with Crippen molar-refractivity contribution < 1.29 is 9.53 Å². The third-order valence-electron chi connectivity index (χ3n) is 3.42. The molecule has 1 fully saturated rings. The van der Waals surface area contributed by atoms with E-state index in [1.807, 2.05) is 29.2 Å². The van der Waals surface area contributed by atoms with Crippen LogP contribution in [0.2, 0.25) is 0 Å². The zero-order valence-corrected chi connectivity index (χ0v) is 13.4. The molecule has 20 heavy (non-hydrogen) atoms. The van der Waals surface area contributed by atoms with Gasteiger partial charge in [-0.3, -0.25) is 0 Å². The summed E-state index contributed by atoms with van der Waals surface area (Å²) >= 11 is 3.43. The molecule has 4 nitrogen and oxygen atoms in total. The Balaban J connectivity index is 1.68. The molecule has 110 valence electrons. The lowest BCUT2D eigenvalue weighted by Gasteiger charge is -2.30. The molecule has 0 aromatic heterocycles. The van der Waals surface area contributed by atoms with Crippen LogP contribution in [0, 0.1) is 5.92 Å². The van der Waals surface area contributed by atoms with Gasteiger partial charge in [0.1, 0.15) is 12.4 Å². The molecule has 0 bridgehead atoms. The smallest absolute Gasteiger partial charge is 0.317 e. The molecule has 5 heteroatoms. The first-order valence-corrected chi connectivity index (χ1v) is 7.86. The molecule has 2 rings (SSSR count). The maximum absolute atomic E-state index is 12.0. The maximum Gasteiger partial charge on any atom is 0.317 e. The van der Waals surface area contributed by atoms with Crippen molar-refractivity contribution in [3.05, 3.63) is 28.7 Å². The number of carbonyl (C=O) groups excluding carboxylic acids is 1. The molecule has 1 aromatic carbocycles. The van der Waals surface area contributed by atoms with Gasteiger partial charge in [0.2, 0.25) is 0 Å². The van der Waals surface area contributed by atoms with Crippen LogP contribution >= 0.6 is 15.9 Å². The van der Waals surface area contributed by atoms with Crippen molar-refractivity contribution in [2.24, 2.45) is 5.92 Å². The molecule has 1 aromatic rings. The quantitative estimate of drug-likeness (QED) is 0.854. The molecule has 1 atom stereocenters. The fourth-order valence-corrected chi connectivity index (χ4v) is 2.77. The normalized spacial score (nSPS) is 18.7. The molecular weight excluding hydrogens is 320 g/mol.